The van der Waals surface area contributed by atoms with E-state index in [1.807, 2.05) is 6.07 Å². The maximum absolute atomic E-state index is 10.5. The number of carboxylic acid groups (broad SMARTS) is 1. The standard InChI is InChI=1S/C9H10N2O2/c1-6-3-8(4-10)7(2)11(6)5-9(12)13/h3H,5H2,1-2H3,(H,12,13). The van der Waals surface area contributed by atoms with Crippen molar-refractivity contribution in [3.8, 4) is 6.07 Å². The van der Waals surface area contributed by atoms with Crippen molar-refractivity contribution in [2.75, 3.05) is 0 Å². The van der Waals surface area contributed by atoms with E-state index in [1.54, 1.807) is 24.5 Å². The topological polar surface area (TPSA) is 66.0 Å². The van der Waals surface area contributed by atoms with Gasteiger partial charge in [-0.25, -0.2) is 0 Å². The summed E-state index contributed by atoms with van der Waals surface area (Å²) in [5, 5.41) is 17.3. The van der Waals surface area contributed by atoms with E-state index in [-0.39, 0.29) is 6.54 Å². The smallest absolute Gasteiger partial charge is 0.323 e. The summed E-state index contributed by atoms with van der Waals surface area (Å²) in [5.41, 5.74) is 2.05. The molecule has 0 radical (unpaired) electrons. The molecule has 68 valence electrons. The molecule has 0 amide bonds. The van der Waals surface area contributed by atoms with Crippen LogP contribution in [0.2, 0.25) is 0 Å². The van der Waals surface area contributed by atoms with Crippen LogP contribution < -0.4 is 0 Å². The number of aromatic nitrogens is 1. The van der Waals surface area contributed by atoms with Crippen LogP contribution in [0.25, 0.3) is 0 Å². The second kappa shape index (κ2) is 3.31. The second-order valence-electron chi connectivity index (χ2n) is 2.88. The predicted molar refractivity (Wildman–Crippen MR) is 46.3 cm³/mol. The van der Waals surface area contributed by atoms with Gasteiger partial charge in [0.15, 0.2) is 0 Å². The highest BCUT2D eigenvalue weighted by Gasteiger charge is 2.10. The van der Waals surface area contributed by atoms with E-state index in [0.717, 1.165) is 5.69 Å². The molecule has 0 aromatic carbocycles. The van der Waals surface area contributed by atoms with Gasteiger partial charge in [0, 0.05) is 11.4 Å². The molecular weight excluding hydrogens is 168 g/mol. The van der Waals surface area contributed by atoms with Gasteiger partial charge in [0.2, 0.25) is 0 Å². The predicted octanol–water partition coefficient (Wildman–Crippen LogP) is 1.06. The largest absolute Gasteiger partial charge is 0.480 e. The lowest BCUT2D eigenvalue weighted by molar-refractivity contribution is -0.137. The van der Waals surface area contributed by atoms with Gasteiger partial charge in [-0.3, -0.25) is 4.79 Å². The van der Waals surface area contributed by atoms with Gasteiger partial charge in [-0.2, -0.15) is 5.26 Å². The fourth-order valence-corrected chi connectivity index (χ4v) is 1.29. The van der Waals surface area contributed by atoms with Gasteiger partial charge in [0.05, 0.1) is 5.56 Å². The Labute approximate surface area is 76.0 Å². The summed E-state index contributed by atoms with van der Waals surface area (Å²) in [4.78, 5) is 10.5. The van der Waals surface area contributed by atoms with Gasteiger partial charge in [-0.1, -0.05) is 0 Å². The molecule has 0 aliphatic carbocycles. The van der Waals surface area contributed by atoms with Crippen LogP contribution in [0.1, 0.15) is 17.0 Å². The number of carbonyl (C=O) groups is 1. The van der Waals surface area contributed by atoms with Crippen molar-refractivity contribution in [1.29, 1.82) is 5.26 Å². The van der Waals surface area contributed by atoms with Crippen molar-refractivity contribution < 1.29 is 9.90 Å². The molecule has 4 heteroatoms. The number of carboxylic acids is 1. The van der Waals surface area contributed by atoms with Crippen molar-refractivity contribution in [2.45, 2.75) is 20.4 Å². The zero-order valence-corrected chi connectivity index (χ0v) is 7.53. The quantitative estimate of drug-likeness (QED) is 0.736. The SMILES string of the molecule is Cc1cc(C#N)c(C)n1CC(=O)O. The first-order chi connectivity index (χ1) is 6.06. The molecule has 0 unspecified atom stereocenters. The number of nitriles is 1. The molecule has 1 rings (SSSR count). The van der Waals surface area contributed by atoms with Gasteiger partial charge in [0.1, 0.15) is 12.6 Å². The Bertz CT molecular complexity index is 385. The molecule has 0 aliphatic rings. The Hall–Kier alpha value is -1.76. The third-order valence-corrected chi connectivity index (χ3v) is 1.99. The van der Waals surface area contributed by atoms with Crippen LogP contribution in [0.15, 0.2) is 6.07 Å². The lowest BCUT2D eigenvalue weighted by Gasteiger charge is -2.04. The van der Waals surface area contributed by atoms with Crippen LogP contribution in [-0.2, 0) is 11.3 Å². The molecule has 1 aromatic heterocycles. The van der Waals surface area contributed by atoms with E-state index in [2.05, 4.69) is 0 Å². The molecular formula is C9H10N2O2. The van der Waals surface area contributed by atoms with E-state index in [1.165, 1.54) is 0 Å². The monoisotopic (exact) mass is 178 g/mol. The molecule has 13 heavy (non-hydrogen) atoms. The first-order valence-electron chi connectivity index (χ1n) is 3.85. The van der Waals surface area contributed by atoms with Crippen molar-refractivity contribution in [3.05, 3.63) is 23.0 Å². The molecule has 4 nitrogen and oxygen atoms in total. The number of aryl methyl sites for hydroxylation is 1. The normalized spacial score (nSPS) is 9.62. The van der Waals surface area contributed by atoms with Crippen molar-refractivity contribution in [2.24, 2.45) is 0 Å². The first-order valence-corrected chi connectivity index (χ1v) is 3.85. The Morgan fingerprint density at radius 3 is 2.69 bits per heavy atom. The Morgan fingerprint density at radius 2 is 2.31 bits per heavy atom. The van der Waals surface area contributed by atoms with Gasteiger partial charge in [-0.05, 0) is 19.9 Å². The molecule has 0 atom stereocenters. The number of rotatable bonds is 2. The van der Waals surface area contributed by atoms with Crippen molar-refractivity contribution in [1.82, 2.24) is 4.57 Å². The third kappa shape index (κ3) is 1.70. The molecule has 1 heterocycles. The van der Waals surface area contributed by atoms with E-state index in [0.29, 0.717) is 11.3 Å². The summed E-state index contributed by atoms with van der Waals surface area (Å²) < 4.78 is 1.61. The molecule has 0 spiro atoms. The van der Waals surface area contributed by atoms with Crippen LogP contribution in [0, 0.1) is 25.2 Å². The maximum atomic E-state index is 10.5. The summed E-state index contributed by atoms with van der Waals surface area (Å²) in [6.07, 6.45) is 0. The van der Waals surface area contributed by atoms with Crippen molar-refractivity contribution in [3.63, 3.8) is 0 Å². The first kappa shape index (κ1) is 9.33. The van der Waals surface area contributed by atoms with Crippen molar-refractivity contribution >= 4 is 5.97 Å². The maximum Gasteiger partial charge on any atom is 0.323 e. The van der Waals surface area contributed by atoms with Gasteiger partial charge in [-0.15, -0.1) is 0 Å². The van der Waals surface area contributed by atoms with Crippen LogP contribution in [0.5, 0.6) is 0 Å². The van der Waals surface area contributed by atoms with Crippen LogP contribution in [-0.4, -0.2) is 15.6 Å². The highest BCUT2D eigenvalue weighted by molar-refractivity contribution is 5.67. The second-order valence-corrected chi connectivity index (χ2v) is 2.88. The van der Waals surface area contributed by atoms with Crippen LogP contribution in [0.3, 0.4) is 0 Å². The molecule has 0 saturated heterocycles. The van der Waals surface area contributed by atoms with Crippen LogP contribution >= 0.6 is 0 Å². The minimum Gasteiger partial charge on any atom is -0.480 e. The summed E-state index contributed by atoms with van der Waals surface area (Å²) in [6.45, 7) is 3.45. The molecule has 0 aliphatic heterocycles. The van der Waals surface area contributed by atoms with Crippen LogP contribution in [0.4, 0.5) is 0 Å². The summed E-state index contributed by atoms with van der Waals surface area (Å²) in [6, 6.07) is 3.71. The number of hydrogen-bond acceptors (Lipinski definition) is 2. The van der Waals surface area contributed by atoms with E-state index >= 15 is 0 Å². The van der Waals surface area contributed by atoms with E-state index in [4.69, 9.17) is 10.4 Å². The summed E-state index contributed by atoms with van der Waals surface area (Å²) in [7, 11) is 0. The fourth-order valence-electron chi connectivity index (χ4n) is 1.29. The Kier molecular flexibility index (Phi) is 2.38. The lowest BCUT2D eigenvalue weighted by Crippen LogP contribution is -2.11. The Morgan fingerprint density at radius 1 is 1.69 bits per heavy atom. The minimum atomic E-state index is -0.897. The molecule has 1 aromatic rings. The lowest BCUT2D eigenvalue weighted by atomic mass is 10.3. The van der Waals surface area contributed by atoms with Gasteiger partial charge in [0.25, 0.3) is 0 Å². The minimum absolute atomic E-state index is 0.0840. The highest BCUT2D eigenvalue weighted by atomic mass is 16.4. The third-order valence-electron chi connectivity index (χ3n) is 1.99. The summed E-state index contributed by atoms with van der Waals surface area (Å²) >= 11 is 0. The zero-order chi connectivity index (χ0) is 10.0. The molecule has 0 saturated carbocycles. The number of aliphatic carboxylic acids is 1. The summed E-state index contributed by atoms with van der Waals surface area (Å²) in [5.74, 6) is -0.897. The Balaban J connectivity index is 3.15. The van der Waals surface area contributed by atoms with Gasteiger partial charge >= 0.3 is 5.97 Å². The van der Waals surface area contributed by atoms with E-state index in [9.17, 15) is 4.79 Å². The highest BCUT2D eigenvalue weighted by Crippen LogP contribution is 2.13. The molecule has 0 fully saturated rings. The number of hydrogen-bond donors (Lipinski definition) is 1. The molecule has 1 N–H and O–H groups in total. The molecule has 0 bridgehead atoms. The number of nitrogens with zero attached hydrogens (tertiary/aromatic N) is 2. The van der Waals surface area contributed by atoms with Gasteiger partial charge < -0.3 is 9.67 Å². The average Bonchev–Trinajstić information content (AvgIpc) is 2.31. The fraction of sp³-hybridized carbons (Fsp3) is 0.333. The average molecular weight is 178 g/mol. The zero-order valence-electron chi connectivity index (χ0n) is 7.53. The van der Waals surface area contributed by atoms with E-state index < -0.39 is 5.97 Å².